The largest absolute Gasteiger partial charge is 0.330 e. The normalized spacial score (nSPS) is 19.6. The fourth-order valence-electron chi connectivity index (χ4n) is 2.95. The van der Waals surface area contributed by atoms with Crippen LogP contribution in [0.15, 0.2) is 36.5 Å². The van der Waals surface area contributed by atoms with E-state index in [-0.39, 0.29) is 0 Å². The Labute approximate surface area is 120 Å². The SMILES string of the molecule is Cc1ccccc1-n1nccc1CN1CCC(CN)C1. The van der Waals surface area contributed by atoms with Crippen LogP contribution in [0.5, 0.6) is 0 Å². The van der Waals surface area contributed by atoms with Crippen LogP contribution in [0.25, 0.3) is 5.69 Å². The molecule has 1 atom stereocenters. The van der Waals surface area contributed by atoms with Crippen LogP contribution in [-0.4, -0.2) is 34.3 Å². The highest BCUT2D eigenvalue weighted by Crippen LogP contribution is 2.20. The molecule has 4 nitrogen and oxygen atoms in total. The zero-order valence-corrected chi connectivity index (χ0v) is 12.0. The monoisotopic (exact) mass is 270 g/mol. The van der Waals surface area contributed by atoms with Crippen molar-refractivity contribution >= 4 is 0 Å². The molecule has 0 amide bonds. The van der Waals surface area contributed by atoms with Crippen LogP contribution in [-0.2, 0) is 6.54 Å². The van der Waals surface area contributed by atoms with Crippen LogP contribution in [0, 0.1) is 12.8 Å². The van der Waals surface area contributed by atoms with E-state index in [9.17, 15) is 0 Å². The van der Waals surface area contributed by atoms with E-state index in [2.05, 4.69) is 51.9 Å². The molecule has 4 heteroatoms. The first-order chi connectivity index (χ1) is 9.78. The Bertz CT molecular complexity index is 575. The summed E-state index contributed by atoms with van der Waals surface area (Å²) in [5, 5.41) is 4.49. The van der Waals surface area contributed by atoms with E-state index in [1.54, 1.807) is 0 Å². The minimum absolute atomic E-state index is 0.657. The molecule has 0 spiro atoms. The Morgan fingerprint density at radius 3 is 2.90 bits per heavy atom. The van der Waals surface area contributed by atoms with Gasteiger partial charge in [0.1, 0.15) is 0 Å². The summed E-state index contributed by atoms with van der Waals surface area (Å²) in [6.45, 7) is 6.12. The summed E-state index contributed by atoms with van der Waals surface area (Å²) in [5.74, 6) is 0.657. The summed E-state index contributed by atoms with van der Waals surface area (Å²) < 4.78 is 2.06. The lowest BCUT2D eigenvalue weighted by Gasteiger charge is -2.17. The third kappa shape index (κ3) is 2.62. The van der Waals surface area contributed by atoms with Crippen molar-refractivity contribution in [2.75, 3.05) is 19.6 Å². The van der Waals surface area contributed by atoms with Crippen molar-refractivity contribution < 1.29 is 0 Å². The van der Waals surface area contributed by atoms with Crippen LogP contribution in [0.4, 0.5) is 0 Å². The minimum atomic E-state index is 0.657. The van der Waals surface area contributed by atoms with Gasteiger partial charge in [-0.15, -0.1) is 0 Å². The average Bonchev–Trinajstić information content (AvgIpc) is 3.09. The number of rotatable bonds is 4. The third-order valence-electron chi connectivity index (χ3n) is 4.15. The molecule has 2 heterocycles. The molecule has 1 aliphatic heterocycles. The lowest BCUT2D eigenvalue weighted by molar-refractivity contribution is 0.311. The number of nitrogens with two attached hydrogens (primary N) is 1. The number of aryl methyl sites for hydroxylation is 1. The van der Waals surface area contributed by atoms with E-state index < -0.39 is 0 Å². The highest BCUT2D eigenvalue weighted by Gasteiger charge is 2.22. The van der Waals surface area contributed by atoms with Crippen LogP contribution in [0.1, 0.15) is 17.7 Å². The standard InChI is InChI=1S/C16H22N4/c1-13-4-2-3-5-16(13)20-15(6-8-18-20)12-19-9-7-14(10-17)11-19/h2-6,8,14H,7,9-12,17H2,1H3. The van der Waals surface area contributed by atoms with E-state index in [1.807, 2.05) is 6.20 Å². The van der Waals surface area contributed by atoms with Gasteiger partial charge in [0, 0.05) is 19.3 Å². The quantitative estimate of drug-likeness (QED) is 0.924. The summed E-state index contributed by atoms with van der Waals surface area (Å²) in [6, 6.07) is 10.5. The lowest BCUT2D eigenvalue weighted by atomic mass is 10.1. The second kappa shape index (κ2) is 5.77. The molecule has 1 aromatic heterocycles. The van der Waals surface area contributed by atoms with Crippen molar-refractivity contribution in [1.82, 2.24) is 14.7 Å². The number of nitrogens with zero attached hydrogens (tertiary/aromatic N) is 3. The van der Waals surface area contributed by atoms with Gasteiger partial charge in [0.2, 0.25) is 0 Å². The zero-order chi connectivity index (χ0) is 13.9. The molecule has 2 N–H and O–H groups in total. The average molecular weight is 270 g/mol. The molecule has 2 aromatic rings. The van der Waals surface area contributed by atoms with Crippen LogP contribution in [0.2, 0.25) is 0 Å². The lowest BCUT2D eigenvalue weighted by Crippen LogP contribution is -2.24. The Balaban J connectivity index is 1.79. The predicted molar refractivity (Wildman–Crippen MR) is 80.7 cm³/mol. The molecule has 1 fully saturated rings. The smallest absolute Gasteiger partial charge is 0.0678 e. The van der Waals surface area contributed by atoms with Crippen molar-refractivity contribution in [2.24, 2.45) is 11.7 Å². The maximum Gasteiger partial charge on any atom is 0.0678 e. The van der Waals surface area contributed by atoms with Crippen LogP contribution < -0.4 is 5.73 Å². The van der Waals surface area contributed by atoms with Gasteiger partial charge in [0.15, 0.2) is 0 Å². The van der Waals surface area contributed by atoms with Crippen LogP contribution in [0.3, 0.4) is 0 Å². The van der Waals surface area contributed by atoms with Gasteiger partial charge < -0.3 is 5.73 Å². The Hall–Kier alpha value is -1.65. The Kier molecular flexibility index (Phi) is 3.85. The number of hydrogen-bond donors (Lipinski definition) is 1. The van der Waals surface area contributed by atoms with Crippen molar-refractivity contribution in [2.45, 2.75) is 19.9 Å². The summed E-state index contributed by atoms with van der Waals surface area (Å²) in [7, 11) is 0. The van der Waals surface area contributed by atoms with Crippen molar-refractivity contribution in [1.29, 1.82) is 0 Å². The third-order valence-corrected chi connectivity index (χ3v) is 4.15. The first-order valence-electron chi connectivity index (χ1n) is 7.29. The highest BCUT2D eigenvalue weighted by molar-refractivity contribution is 5.40. The number of benzene rings is 1. The maximum atomic E-state index is 5.77. The molecule has 1 unspecified atom stereocenters. The number of para-hydroxylation sites is 1. The van der Waals surface area contributed by atoms with Gasteiger partial charge in [-0.25, -0.2) is 4.68 Å². The molecule has 0 aliphatic carbocycles. The van der Waals surface area contributed by atoms with Crippen LogP contribution >= 0.6 is 0 Å². The molecule has 0 saturated carbocycles. The Morgan fingerprint density at radius 2 is 2.15 bits per heavy atom. The maximum absolute atomic E-state index is 5.77. The molecule has 0 bridgehead atoms. The second-order valence-electron chi connectivity index (χ2n) is 5.65. The van der Waals surface area contributed by atoms with Crippen molar-refractivity contribution in [3.8, 4) is 5.69 Å². The molecule has 3 rings (SSSR count). The molecule has 1 aliphatic rings. The number of aromatic nitrogens is 2. The molecular weight excluding hydrogens is 248 g/mol. The van der Waals surface area contributed by atoms with Crippen molar-refractivity contribution in [3.63, 3.8) is 0 Å². The summed E-state index contributed by atoms with van der Waals surface area (Å²) >= 11 is 0. The second-order valence-corrected chi connectivity index (χ2v) is 5.65. The van der Waals surface area contributed by atoms with Gasteiger partial charge in [0.25, 0.3) is 0 Å². The van der Waals surface area contributed by atoms with Gasteiger partial charge in [-0.3, -0.25) is 4.90 Å². The fraction of sp³-hybridized carbons (Fsp3) is 0.438. The molecule has 106 valence electrons. The van der Waals surface area contributed by atoms with E-state index in [0.717, 1.165) is 26.2 Å². The van der Waals surface area contributed by atoms with Crippen molar-refractivity contribution in [3.05, 3.63) is 47.8 Å². The van der Waals surface area contributed by atoms with Gasteiger partial charge in [-0.1, -0.05) is 18.2 Å². The summed E-state index contributed by atoms with van der Waals surface area (Å²) in [5.41, 5.74) is 9.43. The topological polar surface area (TPSA) is 47.1 Å². The molecular formula is C16H22N4. The predicted octanol–water partition coefficient (Wildman–Crippen LogP) is 1.96. The first-order valence-corrected chi connectivity index (χ1v) is 7.29. The Morgan fingerprint density at radius 1 is 1.30 bits per heavy atom. The zero-order valence-electron chi connectivity index (χ0n) is 12.0. The van der Waals surface area contributed by atoms with Gasteiger partial charge in [-0.05, 0) is 50.0 Å². The van der Waals surface area contributed by atoms with E-state index >= 15 is 0 Å². The highest BCUT2D eigenvalue weighted by atomic mass is 15.3. The van der Waals surface area contributed by atoms with Gasteiger partial charge in [0.05, 0.1) is 11.4 Å². The summed E-state index contributed by atoms with van der Waals surface area (Å²) in [4.78, 5) is 2.48. The van der Waals surface area contributed by atoms with E-state index in [1.165, 1.54) is 23.4 Å². The minimum Gasteiger partial charge on any atom is -0.330 e. The number of likely N-dealkylation sites (tertiary alicyclic amines) is 1. The molecule has 1 aromatic carbocycles. The molecule has 1 saturated heterocycles. The first kappa shape index (κ1) is 13.3. The molecule has 20 heavy (non-hydrogen) atoms. The molecule has 0 radical (unpaired) electrons. The van der Waals surface area contributed by atoms with E-state index in [0.29, 0.717) is 5.92 Å². The summed E-state index contributed by atoms with van der Waals surface area (Å²) in [6.07, 6.45) is 3.10. The van der Waals surface area contributed by atoms with Gasteiger partial charge >= 0.3 is 0 Å². The fourth-order valence-corrected chi connectivity index (χ4v) is 2.95. The van der Waals surface area contributed by atoms with Gasteiger partial charge in [-0.2, -0.15) is 5.10 Å². The number of hydrogen-bond acceptors (Lipinski definition) is 3. The van der Waals surface area contributed by atoms with E-state index in [4.69, 9.17) is 5.73 Å².